The number of anilines is 2. The fourth-order valence-corrected chi connectivity index (χ4v) is 5.18. The molecule has 204 valence electrons. The average Bonchev–Trinajstić information content (AvgIpc) is 3.60. The van der Waals surface area contributed by atoms with Crippen molar-refractivity contribution >= 4 is 34.0 Å². The summed E-state index contributed by atoms with van der Waals surface area (Å²) >= 11 is 6.63. The molecule has 0 unspecified atom stereocenters. The highest BCUT2D eigenvalue weighted by Gasteiger charge is 2.62. The van der Waals surface area contributed by atoms with Crippen LogP contribution in [0, 0.1) is 17.3 Å². The highest BCUT2D eigenvalue weighted by atomic mass is 35.5. The van der Waals surface area contributed by atoms with Gasteiger partial charge in [0.15, 0.2) is 0 Å². The van der Waals surface area contributed by atoms with Crippen LogP contribution in [-0.4, -0.2) is 48.2 Å². The summed E-state index contributed by atoms with van der Waals surface area (Å²) in [7, 11) is 1.62. The molecule has 39 heavy (non-hydrogen) atoms. The number of fused-ring (bicyclic) bond motifs is 2. The molecular formula is C28H25ClF3N3O4. The maximum Gasteiger partial charge on any atom is 0.405 e. The van der Waals surface area contributed by atoms with Crippen molar-refractivity contribution in [3.8, 4) is 17.6 Å². The van der Waals surface area contributed by atoms with Crippen LogP contribution >= 0.6 is 11.6 Å². The Labute approximate surface area is 227 Å². The van der Waals surface area contributed by atoms with Crippen molar-refractivity contribution in [2.45, 2.75) is 38.1 Å². The number of ether oxygens (including phenoxy) is 3. The number of halogens is 4. The Bertz CT molecular complexity index is 1570. The van der Waals surface area contributed by atoms with Crippen molar-refractivity contribution in [1.29, 1.82) is 0 Å². The number of alkyl halides is 3. The lowest BCUT2D eigenvalue weighted by Crippen LogP contribution is -2.28. The first-order chi connectivity index (χ1) is 18.7. The van der Waals surface area contributed by atoms with Crippen molar-refractivity contribution in [2.24, 2.45) is 12.5 Å². The molecule has 2 aromatic carbocycles. The number of benzene rings is 2. The zero-order valence-electron chi connectivity index (χ0n) is 21.1. The van der Waals surface area contributed by atoms with Crippen molar-refractivity contribution in [1.82, 2.24) is 9.55 Å². The Morgan fingerprint density at radius 2 is 2.03 bits per heavy atom. The molecule has 0 radical (unpaired) electrons. The summed E-state index contributed by atoms with van der Waals surface area (Å²) in [5.41, 5.74) is -0.0760. The highest BCUT2D eigenvalue weighted by molar-refractivity contribution is 6.33. The van der Waals surface area contributed by atoms with Gasteiger partial charge in [-0.25, -0.2) is 4.79 Å². The predicted molar refractivity (Wildman–Crippen MR) is 140 cm³/mol. The van der Waals surface area contributed by atoms with Gasteiger partial charge < -0.3 is 19.1 Å². The van der Waals surface area contributed by atoms with E-state index in [4.69, 9.17) is 25.8 Å². The molecule has 1 aliphatic carbocycles. The van der Waals surface area contributed by atoms with E-state index in [0.29, 0.717) is 70.7 Å². The maximum atomic E-state index is 13.5. The molecule has 3 aliphatic rings. The molecule has 2 fully saturated rings. The molecular weight excluding hydrogens is 535 g/mol. The Hall–Kier alpha value is -3.26. The van der Waals surface area contributed by atoms with Gasteiger partial charge in [-0.15, -0.1) is 0 Å². The SMILES string of the molecule is Cn1c(=O)nc(N2CCOCc3c(C#CC4(C(F)(F)F)CC4)cccc32)c2cc(Cl)c(O[C@@H]3CCOC3)cc21. The molecule has 6 rings (SSSR count). The van der Waals surface area contributed by atoms with Crippen LogP contribution in [0.4, 0.5) is 24.7 Å². The third-order valence-electron chi connectivity index (χ3n) is 7.45. The number of aryl methyl sites for hydroxylation is 1. The standard InChI is InChI=1S/C28H25ClF3N3O4/c1-34-23-14-24(39-18-6-11-37-15-18)21(29)13-19(23)25(33-26(34)36)35-10-12-38-16-20-17(3-2-4-22(20)35)5-7-27(8-9-27)28(30,31)32/h2-4,13-14,18H,6,8-12,15-16H2,1H3/t18-/m1/s1. The largest absolute Gasteiger partial charge is 0.486 e. The zero-order valence-corrected chi connectivity index (χ0v) is 21.9. The van der Waals surface area contributed by atoms with Crippen molar-refractivity contribution in [2.75, 3.05) is 31.3 Å². The minimum Gasteiger partial charge on any atom is -0.486 e. The molecule has 0 bridgehead atoms. The normalized spacial score (nSPS) is 20.2. The van der Waals surface area contributed by atoms with E-state index in [1.165, 1.54) is 4.57 Å². The lowest BCUT2D eigenvalue weighted by Gasteiger charge is -2.26. The Morgan fingerprint density at radius 3 is 2.74 bits per heavy atom. The molecule has 0 N–H and O–H groups in total. The van der Waals surface area contributed by atoms with Gasteiger partial charge in [0, 0.05) is 48.3 Å². The zero-order chi connectivity index (χ0) is 27.4. The van der Waals surface area contributed by atoms with Gasteiger partial charge in [0.2, 0.25) is 0 Å². The molecule has 1 saturated heterocycles. The van der Waals surface area contributed by atoms with Crippen LogP contribution < -0.4 is 15.3 Å². The summed E-state index contributed by atoms with van der Waals surface area (Å²) in [6, 6.07) is 8.70. The van der Waals surface area contributed by atoms with E-state index in [1.54, 1.807) is 31.3 Å². The number of hydrogen-bond acceptors (Lipinski definition) is 6. The summed E-state index contributed by atoms with van der Waals surface area (Å²) in [5.74, 6) is 6.08. The second kappa shape index (κ2) is 9.73. The van der Waals surface area contributed by atoms with Gasteiger partial charge in [-0.3, -0.25) is 4.57 Å². The molecule has 1 saturated carbocycles. The summed E-state index contributed by atoms with van der Waals surface area (Å²) < 4.78 is 59.1. The Morgan fingerprint density at radius 1 is 1.21 bits per heavy atom. The van der Waals surface area contributed by atoms with Crippen molar-refractivity contribution < 1.29 is 27.4 Å². The van der Waals surface area contributed by atoms with E-state index in [9.17, 15) is 18.0 Å². The second-order valence-corrected chi connectivity index (χ2v) is 10.4. The Kier molecular flexibility index (Phi) is 6.49. The monoisotopic (exact) mass is 559 g/mol. The third-order valence-corrected chi connectivity index (χ3v) is 7.75. The first-order valence-corrected chi connectivity index (χ1v) is 13.1. The van der Waals surface area contributed by atoms with E-state index >= 15 is 0 Å². The predicted octanol–water partition coefficient (Wildman–Crippen LogP) is 5.12. The molecule has 1 aromatic heterocycles. The van der Waals surface area contributed by atoms with Gasteiger partial charge >= 0.3 is 11.9 Å². The van der Waals surface area contributed by atoms with Crippen LogP contribution in [0.1, 0.15) is 30.4 Å². The van der Waals surface area contributed by atoms with E-state index in [0.717, 1.165) is 6.42 Å². The molecule has 1 atom stereocenters. The summed E-state index contributed by atoms with van der Waals surface area (Å²) in [6.07, 6.45) is -3.74. The van der Waals surface area contributed by atoms with E-state index in [-0.39, 0.29) is 25.6 Å². The lowest BCUT2D eigenvalue weighted by molar-refractivity contribution is -0.168. The minimum atomic E-state index is -4.37. The van der Waals surface area contributed by atoms with Crippen molar-refractivity contribution in [3.63, 3.8) is 0 Å². The van der Waals surface area contributed by atoms with Crippen LogP contribution in [0.15, 0.2) is 35.1 Å². The fraction of sp³-hybridized carbons (Fsp3) is 0.429. The molecule has 3 aromatic rings. The van der Waals surface area contributed by atoms with Gasteiger partial charge in [-0.2, -0.15) is 18.2 Å². The van der Waals surface area contributed by atoms with E-state index in [1.807, 2.05) is 11.0 Å². The van der Waals surface area contributed by atoms with Gasteiger partial charge in [0.05, 0.1) is 37.0 Å². The molecule has 0 amide bonds. The van der Waals surface area contributed by atoms with Crippen LogP contribution in [0.2, 0.25) is 5.02 Å². The van der Waals surface area contributed by atoms with Crippen LogP contribution in [-0.2, 0) is 23.1 Å². The van der Waals surface area contributed by atoms with Gasteiger partial charge in [0.25, 0.3) is 0 Å². The molecule has 7 nitrogen and oxygen atoms in total. The summed E-state index contributed by atoms with van der Waals surface area (Å²) in [4.78, 5) is 19.2. The fourth-order valence-electron chi connectivity index (χ4n) is 4.97. The minimum absolute atomic E-state index is 0.00456. The van der Waals surface area contributed by atoms with Crippen molar-refractivity contribution in [3.05, 3.63) is 57.0 Å². The third kappa shape index (κ3) is 4.73. The van der Waals surface area contributed by atoms with Crippen LogP contribution in [0.3, 0.4) is 0 Å². The second-order valence-electron chi connectivity index (χ2n) is 10.0. The van der Waals surface area contributed by atoms with Gasteiger partial charge in [-0.05, 0) is 31.0 Å². The molecule has 3 heterocycles. The summed E-state index contributed by atoms with van der Waals surface area (Å²) in [6.45, 7) is 1.92. The quantitative estimate of drug-likeness (QED) is 0.415. The molecule has 11 heteroatoms. The van der Waals surface area contributed by atoms with Gasteiger partial charge in [-0.1, -0.05) is 29.5 Å². The first kappa shape index (κ1) is 26.0. The number of nitrogens with zero attached hydrogens (tertiary/aromatic N) is 3. The lowest BCUT2D eigenvalue weighted by atomic mass is 10.0. The summed E-state index contributed by atoms with van der Waals surface area (Å²) in [5, 5.41) is 0.986. The molecule has 0 spiro atoms. The smallest absolute Gasteiger partial charge is 0.405 e. The van der Waals surface area contributed by atoms with E-state index in [2.05, 4.69) is 16.8 Å². The maximum absolute atomic E-state index is 13.5. The highest BCUT2D eigenvalue weighted by Crippen LogP contribution is 2.57. The number of rotatable bonds is 3. The number of hydrogen-bond donors (Lipinski definition) is 0. The average molecular weight is 560 g/mol. The number of aromatic nitrogens is 2. The van der Waals surface area contributed by atoms with Crippen LogP contribution in [0.25, 0.3) is 10.9 Å². The van der Waals surface area contributed by atoms with Gasteiger partial charge in [0.1, 0.15) is 23.1 Å². The van der Waals surface area contributed by atoms with E-state index < -0.39 is 17.3 Å². The molecule has 2 aliphatic heterocycles. The first-order valence-electron chi connectivity index (χ1n) is 12.7. The Balaban J connectivity index is 1.45. The van der Waals surface area contributed by atoms with Crippen LogP contribution in [0.5, 0.6) is 5.75 Å². The topological polar surface area (TPSA) is 65.8 Å².